The van der Waals surface area contributed by atoms with Crippen molar-refractivity contribution in [2.24, 2.45) is 0 Å². The maximum Gasteiger partial charge on any atom is 0.335 e. The Morgan fingerprint density at radius 1 is 1.08 bits per heavy atom. The van der Waals surface area contributed by atoms with Gasteiger partial charge in [0.15, 0.2) is 0 Å². The van der Waals surface area contributed by atoms with Crippen LogP contribution in [0.15, 0.2) is 60.7 Å². The summed E-state index contributed by atoms with van der Waals surface area (Å²) in [7, 11) is 0. The van der Waals surface area contributed by atoms with E-state index in [2.05, 4.69) is 15.3 Å². The Kier molecular flexibility index (Phi) is 4.89. The first-order chi connectivity index (χ1) is 12.1. The van der Waals surface area contributed by atoms with Gasteiger partial charge in [-0.3, -0.25) is 0 Å². The molecule has 2 aromatic carbocycles. The standard InChI is InChI=1S/C19H17N3O3/c1-2-14-12-17(25-16-10-6-7-13(11-16)18(23)24)22-19(20-14)21-15-8-4-3-5-9-15/h3-12H,2H2,1H3,(H,23,24)(H,20,21,22). The van der Waals surface area contributed by atoms with Crippen LogP contribution in [0, 0.1) is 0 Å². The zero-order chi connectivity index (χ0) is 17.6. The highest BCUT2D eigenvalue weighted by Crippen LogP contribution is 2.23. The van der Waals surface area contributed by atoms with E-state index in [0.29, 0.717) is 17.6 Å². The van der Waals surface area contributed by atoms with Gasteiger partial charge >= 0.3 is 5.97 Å². The molecule has 1 aromatic heterocycles. The summed E-state index contributed by atoms with van der Waals surface area (Å²) >= 11 is 0. The van der Waals surface area contributed by atoms with Gasteiger partial charge in [-0.15, -0.1) is 0 Å². The third-order valence-corrected chi connectivity index (χ3v) is 3.45. The molecule has 126 valence electrons. The van der Waals surface area contributed by atoms with E-state index >= 15 is 0 Å². The molecule has 0 spiro atoms. The predicted molar refractivity (Wildman–Crippen MR) is 94.6 cm³/mol. The number of ether oxygens (including phenoxy) is 1. The van der Waals surface area contributed by atoms with Gasteiger partial charge in [-0.1, -0.05) is 31.2 Å². The zero-order valence-corrected chi connectivity index (χ0v) is 13.6. The maximum absolute atomic E-state index is 11.1. The lowest BCUT2D eigenvalue weighted by atomic mass is 10.2. The summed E-state index contributed by atoms with van der Waals surface area (Å²) in [5.41, 5.74) is 1.84. The van der Waals surface area contributed by atoms with Crippen molar-refractivity contribution in [1.82, 2.24) is 9.97 Å². The van der Waals surface area contributed by atoms with Crippen LogP contribution in [0.25, 0.3) is 0 Å². The topological polar surface area (TPSA) is 84.3 Å². The Bertz CT molecular complexity index is 882. The first-order valence-corrected chi connectivity index (χ1v) is 7.85. The molecule has 0 unspecified atom stereocenters. The number of carboxylic acids is 1. The number of para-hydroxylation sites is 1. The molecule has 0 saturated carbocycles. The van der Waals surface area contributed by atoms with Crippen LogP contribution in [0.2, 0.25) is 0 Å². The van der Waals surface area contributed by atoms with Crippen molar-refractivity contribution in [3.63, 3.8) is 0 Å². The predicted octanol–water partition coefficient (Wildman–Crippen LogP) is 4.27. The minimum absolute atomic E-state index is 0.157. The number of aromatic carboxylic acids is 1. The van der Waals surface area contributed by atoms with Crippen LogP contribution < -0.4 is 10.1 Å². The van der Waals surface area contributed by atoms with Crippen molar-refractivity contribution in [2.45, 2.75) is 13.3 Å². The first-order valence-electron chi connectivity index (χ1n) is 7.85. The Hall–Kier alpha value is -3.41. The Labute approximate surface area is 145 Å². The summed E-state index contributed by atoms with van der Waals surface area (Å²) in [6, 6.07) is 17.6. The van der Waals surface area contributed by atoms with Crippen molar-refractivity contribution in [3.8, 4) is 11.6 Å². The number of carbonyl (C=O) groups is 1. The monoisotopic (exact) mass is 335 g/mol. The number of anilines is 2. The number of hydrogen-bond acceptors (Lipinski definition) is 5. The highest BCUT2D eigenvalue weighted by atomic mass is 16.5. The second-order valence-electron chi connectivity index (χ2n) is 5.30. The van der Waals surface area contributed by atoms with Crippen LogP contribution in [0.4, 0.5) is 11.6 Å². The van der Waals surface area contributed by atoms with Gasteiger partial charge in [-0.25, -0.2) is 9.78 Å². The van der Waals surface area contributed by atoms with Crippen LogP contribution in [-0.4, -0.2) is 21.0 Å². The van der Waals surface area contributed by atoms with Gasteiger partial charge in [0.1, 0.15) is 5.75 Å². The van der Waals surface area contributed by atoms with Gasteiger partial charge in [0, 0.05) is 17.4 Å². The number of hydrogen-bond donors (Lipinski definition) is 2. The smallest absolute Gasteiger partial charge is 0.335 e. The number of carboxylic acid groups (broad SMARTS) is 1. The van der Waals surface area contributed by atoms with E-state index in [4.69, 9.17) is 9.84 Å². The molecule has 0 radical (unpaired) electrons. The number of rotatable bonds is 6. The highest BCUT2D eigenvalue weighted by molar-refractivity contribution is 5.88. The normalized spacial score (nSPS) is 10.3. The summed E-state index contributed by atoms with van der Waals surface area (Å²) < 4.78 is 5.74. The second-order valence-corrected chi connectivity index (χ2v) is 5.30. The zero-order valence-electron chi connectivity index (χ0n) is 13.6. The molecule has 0 amide bonds. The molecule has 0 atom stereocenters. The maximum atomic E-state index is 11.1. The van der Waals surface area contributed by atoms with Gasteiger partial charge in [0.05, 0.1) is 5.56 Å². The van der Waals surface area contributed by atoms with E-state index in [1.165, 1.54) is 12.1 Å². The molecule has 25 heavy (non-hydrogen) atoms. The molecule has 3 aromatic rings. The van der Waals surface area contributed by atoms with E-state index in [1.807, 2.05) is 37.3 Å². The summed E-state index contributed by atoms with van der Waals surface area (Å²) in [5.74, 6) is 0.183. The first kappa shape index (κ1) is 16.4. The molecule has 1 heterocycles. The fourth-order valence-electron chi connectivity index (χ4n) is 2.23. The van der Waals surface area contributed by atoms with Crippen LogP contribution in [0.3, 0.4) is 0 Å². The Balaban J connectivity index is 1.87. The summed E-state index contributed by atoms with van der Waals surface area (Å²) in [5, 5.41) is 12.2. The molecule has 6 heteroatoms. The molecule has 0 aliphatic rings. The van der Waals surface area contributed by atoms with Crippen molar-refractivity contribution < 1.29 is 14.6 Å². The lowest BCUT2D eigenvalue weighted by Crippen LogP contribution is -2.02. The highest BCUT2D eigenvalue weighted by Gasteiger charge is 2.09. The molecule has 2 N–H and O–H groups in total. The van der Waals surface area contributed by atoms with Gasteiger partial charge in [0.25, 0.3) is 0 Å². The van der Waals surface area contributed by atoms with E-state index in [1.54, 1.807) is 18.2 Å². The fourth-order valence-corrected chi connectivity index (χ4v) is 2.23. The molecule has 0 aliphatic heterocycles. The third kappa shape index (κ3) is 4.32. The van der Waals surface area contributed by atoms with Crippen molar-refractivity contribution in [3.05, 3.63) is 71.9 Å². The third-order valence-electron chi connectivity index (χ3n) is 3.45. The minimum atomic E-state index is -1.01. The van der Waals surface area contributed by atoms with E-state index in [-0.39, 0.29) is 5.56 Å². The molecule has 6 nitrogen and oxygen atoms in total. The largest absolute Gasteiger partial charge is 0.478 e. The molecule has 3 rings (SSSR count). The lowest BCUT2D eigenvalue weighted by molar-refractivity contribution is 0.0696. The van der Waals surface area contributed by atoms with Gasteiger partial charge in [-0.2, -0.15) is 4.98 Å². The fraction of sp³-hybridized carbons (Fsp3) is 0.105. The number of nitrogens with one attached hydrogen (secondary N) is 1. The van der Waals surface area contributed by atoms with Crippen molar-refractivity contribution in [1.29, 1.82) is 0 Å². The number of benzene rings is 2. The van der Waals surface area contributed by atoms with E-state index < -0.39 is 5.97 Å². The summed E-state index contributed by atoms with van der Waals surface area (Å²) in [6.07, 6.45) is 0.720. The van der Waals surface area contributed by atoms with Crippen LogP contribution in [0.1, 0.15) is 23.0 Å². The van der Waals surface area contributed by atoms with Gasteiger partial charge in [-0.05, 0) is 36.8 Å². The summed E-state index contributed by atoms with van der Waals surface area (Å²) in [6.45, 7) is 1.99. The number of aryl methyl sites for hydroxylation is 1. The minimum Gasteiger partial charge on any atom is -0.478 e. The Morgan fingerprint density at radius 2 is 1.88 bits per heavy atom. The number of nitrogens with zero attached hydrogens (tertiary/aromatic N) is 2. The van der Waals surface area contributed by atoms with Crippen LogP contribution >= 0.6 is 0 Å². The second kappa shape index (κ2) is 7.44. The molecule has 0 saturated heterocycles. The van der Waals surface area contributed by atoms with Gasteiger partial charge < -0.3 is 15.2 Å². The quantitative estimate of drug-likeness (QED) is 0.700. The molecule has 0 aliphatic carbocycles. The average Bonchev–Trinajstić information content (AvgIpc) is 2.62. The number of aromatic nitrogens is 2. The molecular weight excluding hydrogens is 318 g/mol. The van der Waals surface area contributed by atoms with E-state index in [0.717, 1.165) is 17.8 Å². The Morgan fingerprint density at radius 3 is 2.60 bits per heavy atom. The average molecular weight is 335 g/mol. The van der Waals surface area contributed by atoms with Crippen LogP contribution in [-0.2, 0) is 6.42 Å². The lowest BCUT2D eigenvalue weighted by Gasteiger charge is -2.10. The SMILES string of the molecule is CCc1cc(Oc2cccc(C(=O)O)c2)nc(Nc2ccccc2)n1. The molecule has 0 fully saturated rings. The summed E-state index contributed by atoms with van der Waals surface area (Å²) in [4.78, 5) is 19.9. The van der Waals surface area contributed by atoms with Crippen molar-refractivity contribution in [2.75, 3.05) is 5.32 Å². The van der Waals surface area contributed by atoms with Gasteiger partial charge in [0.2, 0.25) is 11.8 Å². The van der Waals surface area contributed by atoms with Crippen LogP contribution in [0.5, 0.6) is 11.6 Å². The van der Waals surface area contributed by atoms with Crippen molar-refractivity contribution >= 4 is 17.6 Å². The van der Waals surface area contributed by atoms with E-state index in [9.17, 15) is 4.79 Å². The molecular formula is C19H17N3O3. The molecule has 0 bridgehead atoms.